The van der Waals surface area contributed by atoms with E-state index in [-0.39, 0.29) is 30.6 Å². The lowest BCUT2D eigenvalue weighted by atomic mass is 9.48. The van der Waals surface area contributed by atoms with Gasteiger partial charge in [-0.25, -0.2) is 4.74 Å². The molecule has 0 radical (unpaired) electrons. The lowest BCUT2D eigenvalue weighted by molar-refractivity contribution is -0.465. The van der Waals surface area contributed by atoms with Gasteiger partial charge in [0.05, 0.1) is 0 Å². The average molecular weight is 806 g/mol. The Kier molecular flexibility index (Phi) is 14.0. The number of ether oxygens (including phenoxy) is 1. The third-order valence-corrected chi connectivity index (χ3v) is 14.1. The lowest BCUT2D eigenvalue weighted by Gasteiger charge is -2.60. The van der Waals surface area contributed by atoms with Gasteiger partial charge >= 0.3 is 30.0 Å². The van der Waals surface area contributed by atoms with Crippen LogP contribution in [0.15, 0.2) is 0 Å². The highest BCUT2D eigenvalue weighted by Crippen LogP contribution is 2.62. The molecule has 8 aliphatic carbocycles. The Balaban J connectivity index is 0.000000213. The molecule has 3 nitrogen and oxygen atoms in total. The molecule has 0 unspecified atom stereocenters. The van der Waals surface area contributed by atoms with Crippen LogP contribution in [0.25, 0.3) is 0 Å². The second-order valence-corrected chi connectivity index (χ2v) is 19.5. The average Bonchev–Trinajstić information content (AvgIpc) is 3.02. The summed E-state index contributed by atoms with van der Waals surface area (Å²) >= 11 is 0. The minimum Gasteiger partial charge on any atom is -0.336 e. The highest BCUT2D eigenvalue weighted by atomic mass is 19.3. The fourth-order valence-electron chi connectivity index (χ4n) is 12.6. The Morgan fingerprint density at radius 3 is 1.18 bits per heavy atom. The molecule has 0 aromatic heterocycles. The van der Waals surface area contributed by atoms with Crippen molar-refractivity contribution in [2.45, 2.75) is 198 Å². The fraction of sp³-hybridized carbons (Fsp3) is 0.976. The van der Waals surface area contributed by atoms with Crippen LogP contribution in [0.5, 0.6) is 0 Å². The van der Waals surface area contributed by atoms with Crippen molar-refractivity contribution in [1.29, 1.82) is 0 Å². The van der Waals surface area contributed by atoms with E-state index in [4.69, 9.17) is 0 Å². The van der Waals surface area contributed by atoms with Crippen LogP contribution in [0.4, 0.5) is 43.9 Å². The summed E-state index contributed by atoms with van der Waals surface area (Å²) in [4.78, 5) is 14.7. The molecule has 0 spiro atoms. The van der Waals surface area contributed by atoms with Crippen LogP contribution >= 0.6 is 0 Å². The first-order valence-electron chi connectivity index (χ1n) is 21.3. The number of hydrogen-bond donors (Lipinski definition) is 0. The zero-order valence-corrected chi connectivity index (χ0v) is 33.2. The van der Waals surface area contributed by atoms with Gasteiger partial charge < -0.3 is 4.90 Å². The molecule has 55 heavy (non-hydrogen) atoms. The van der Waals surface area contributed by atoms with E-state index in [1.165, 1.54) is 77.0 Å². The Hall–Kier alpha value is -1.27. The van der Waals surface area contributed by atoms with E-state index in [0.29, 0.717) is 19.5 Å². The number of carbonyl (C=O) groups excluding carboxylic acids is 1. The molecule has 0 aromatic carbocycles. The van der Waals surface area contributed by atoms with E-state index in [9.17, 15) is 48.7 Å². The predicted octanol–water partition coefficient (Wildman–Crippen LogP) is 13.7. The molecular formula is C42H65F10NO2. The van der Waals surface area contributed by atoms with Crippen LogP contribution in [0.3, 0.4) is 0 Å². The standard InChI is InChI=1S/C25H37F2NO.C17H28F8O/c1-23(26,27)22(29)28(14-24-8-16-2-17(9-24)4-18(3-16)10-24)15-25-11-19-5-20(12-25)7-21(6-19)13-25;1-3-4-5-6-7-8-9-10-11-12-13-15(20,21)17(24,25)26-16(22,23)14(2,18)19/h16-21H,2-15H2,1H3;3-13H2,1-2H3. The zero-order valence-electron chi connectivity index (χ0n) is 33.2. The summed E-state index contributed by atoms with van der Waals surface area (Å²) in [7, 11) is 0. The van der Waals surface area contributed by atoms with Crippen LogP contribution in [0, 0.1) is 46.3 Å². The van der Waals surface area contributed by atoms with Crippen LogP contribution in [0.2, 0.25) is 0 Å². The largest absolute Gasteiger partial charge is 0.423 e. The SMILES string of the molecule is CC(F)(F)C(=O)N(CC12CC3CC(CC(C3)C1)C2)CC12CC3CC(CC(C3)C1)C2.CCCCCCCCCCCCC(F)(F)C(F)(F)OC(F)(F)C(C)(F)F. The molecule has 0 heterocycles. The summed E-state index contributed by atoms with van der Waals surface area (Å²) in [5.74, 6) is -9.35. The van der Waals surface area contributed by atoms with Crippen LogP contribution in [0.1, 0.15) is 168 Å². The molecule has 8 saturated carbocycles. The first-order chi connectivity index (χ1) is 25.5. The van der Waals surface area contributed by atoms with Crippen molar-refractivity contribution in [1.82, 2.24) is 4.90 Å². The molecule has 320 valence electrons. The van der Waals surface area contributed by atoms with Gasteiger partial charge in [0.1, 0.15) is 0 Å². The quantitative estimate of drug-likeness (QED) is 0.0906. The maximum atomic E-state index is 14.3. The molecule has 0 aromatic rings. The number of halogens is 10. The molecule has 8 fully saturated rings. The van der Waals surface area contributed by atoms with E-state index < -0.39 is 42.3 Å². The van der Waals surface area contributed by atoms with E-state index in [0.717, 1.165) is 87.4 Å². The van der Waals surface area contributed by atoms with E-state index in [2.05, 4.69) is 11.7 Å². The van der Waals surface area contributed by atoms with Crippen molar-refractivity contribution in [3.8, 4) is 0 Å². The van der Waals surface area contributed by atoms with Crippen molar-refractivity contribution in [3.63, 3.8) is 0 Å². The number of amides is 1. The summed E-state index contributed by atoms with van der Waals surface area (Å²) in [5.41, 5.74) is 0.274. The number of rotatable bonds is 20. The van der Waals surface area contributed by atoms with Gasteiger partial charge in [-0.05, 0) is 130 Å². The summed E-state index contributed by atoms with van der Waals surface area (Å²) in [6, 6.07) is 0. The lowest BCUT2D eigenvalue weighted by Crippen LogP contribution is -2.58. The summed E-state index contributed by atoms with van der Waals surface area (Å²) in [5, 5.41) is 0. The molecule has 8 bridgehead atoms. The van der Waals surface area contributed by atoms with Gasteiger partial charge in [-0.3, -0.25) is 4.79 Å². The molecule has 1 amide bonds. The normalized spacial score (nSPS) is 32.8. The summed E-state index contributed by atoms with van der Waals surface area (Å²) in [6.07, 6.45) is 10.1. The van der Waals surface area contributed by atoms with Crippen molar-refractivity contribution >= 4 is 5.91 Å². The third-order valence-electron chi connectivity index (χ3n) is 14.1. The molecular weight excluding hydrogens is 740 g/mol. The van der Waals surface area contributed by atoms with Crippen LogP contribution in [-0.4, -0.2) is 53.9 Å². The Bertz CT molecular complexity index is 1140. The number of alkyl halides is 10. The maximum Gasteiger partial charge on any atom is 0.423 e. The fourth-order valence-corrected chi connectivity index (χ4v) is 12.6. The Morgan fingerprint density at radius 1 is 0.545 bits per heavy atom. The molecule has 0 saturated heterocycles. The van der Waals surface area contributed by atoms with Crippen molar-refractivity contribution in [2.24, 2.45) is 46.3 Å². The first kappa shape index (κ1) is 44.8. The van der Waals surface area contributed by atoms with Gasteiger partial charge in [0, 0.05) is 33.4 Å². The highest BCUT2D eigenvalue weighted by molar-refractivity contribution is 5.83. The van der Waals surface area contributed by atoms with Gasteiger partial charge in [-0.15, -0.1) is 0 Å². The highest BCUT2D eigenvalue weighted by Gasteiger charge is 2.67. The summed E-state index contributed by atoms with van der Waals surface area (Å²) < 4.78 is 135. The second kappa shape index (κ2) is 17.1. The predicted molar refractivity (Wildman–Crippen MR) is 191 cm³/mol. The minimum atomic E-state index is -5.70. The van der Waals surface area contributed by atoms with E-state index in [1.807, 2.05) is 0 Å². The molecule has 0 N–H and O–H groups in total. The van der Waals surface area contributed by atoms with Crippen molar-refractivity contribution < 1.29 is 53.4 Å². The third kappa shape index (κ3) is 11.3. The van der Waals surface area contributed by atoms with E-state index >= 15 is 0 Å². The topological polar surface area (TPSA) is 29.5 Å². The van der Waals surface area contributed by atoms with Gasteiger partial charge in [-0.1, -0.05) is 64.7 Å². The number of hydrogen-bond acceptors (Lipinski definition) is 2. The van der Waals surface area contributed by atoms with Gasteiger partial charge in [0.15, 0.2) is 0 Å². The van der Waals surface area contributed by atoms with E-state index in [1.54, 1.807) is 4.90 Å². The van der Waals surface area contributed by atoms with Crippen LogP contribution in [-0.2, 0) is 9.53 Å². The smallest absolute Gasteiger partial charge is 0.336 e. The second-order valence-electron chi connectivity index (χ2n) is 19.5. The van der Waals surface area contributed by atoms with Gasteiger partial charge in [-0.2, -0.15) is 43.9 Å². The monoisotopic (exact) mass is 805 g/mol. The zero-order chi connectivity index (χ0) is 40.5. The van der Waals surface area contributed by atoms with Crippen molar-refractivity contribution in [3.05, 3.63) is 0 Å². The Labute approximate surface area is 321 Å². The molecule has 0 aliphatic heterocycles. The molecule has 13 heteroatoms. The van der Waals surface area contributed by atoms with Crippen molar-refractivity contribution in [2.75, 3.05) is 13.1 Å². The minimum absolute atomic E-state index is 0.137. The molecule has 8 rings (SSSR count). The number of carbonyl (C=O) groups is 1. The number of nitrogens with zero attached hydrogens (tertiary/aromatic N) is 1. The molecule has 0 atom stereocenters. The molecule has 8 aliphatic rings. The Morgan fingerprint density at radius 2 is 0.873 bits per heavy atom. The van der Waals surface area contributed by atoms with Gasteiger partial charge in [0.25, 0.3) is 5.91 Å². The van der Waals surface area contributed by atoms with Crippen LogP contribution < -0.4 is 0 Å². The van der Waals surface area contributed by atoms with Gasteiger partial charge in [0.2, 0.25) is 0 Å². The summed E-state index contributed by atoms with van der Waals surface area (Å²) in [6.45, 7) is 3.76. The number of unbranched alkanes of at least 4 members (excludes halogenated alkanes) is 9. The maximum absolute atomic E-state index is 14.3. The first-order valence-corrected chi connectivity index (χ1v) is 21.3.